The van der Waals surface area contributed by atoms with Crippen LogP contribution in [0.4, 0.5) is 0 Å². The lowest BCUT2D eigenvalue weighted by molar-refractivity contribution is 0.480. The van der Waals surface area contributed by atoms with E-state index >= 15 is 0 Å². The number of hydrogen-bond acceptors (Lipinski definition) is 0. The van der Waals surface area contributed by atoms with Crippen molar-refractivity contribution < 1.29 is 0 Å². The minimum Gasteiger partial charge on any atom is -0.0697 e. The molecule has 0 aliphatic heterocycles. The number of benzene rings is 2. The number of fused-ring (bicyclic) bond motifs is 1. The van der Waals surface area contributed by atoms with Crippen LogP contribution in [0, 0.1) is 11.8 Å². The molecule has 2 fully saturated rings. The van der Waals surface area contributed by atoms with Crippen molar-refractivity contribution in [1.29, 1.82) is 0 Å². The largest absolute Gasteiger partial charge is 0.0697 e. The molecule has 2 aliphatic carbocycles. The van der Waals surface area contributed by atoms with Crippen molar-refractivity contribution >= 4 is 0 Å². The van der Waals surface area contributed by atoms with Crippen LogP contribution in [0.1, 0.15) is 49.7 Å². The third-order valence-electron chi connectivity index (χ3n) is 5.98. The molecule has 0 bridgehead atoms. The van der Waals surface area contributed by atoms with E-state index in [1.165, 1.54) is 62.5 Å². The molecule has 2 aromatic carbocycles. The highest BCUT2D eigenvalue weighted by Crippen LogP contribution is 2.57. The summed E-state index contributed by atoms with van der Waals surface area (Å²) in [4.78, 5) is 0. The van der Waals surface area contributed by atoms with Gasteiger partial charge in [0.15, 0.2) is 0 Å². The second-order valence-corrected chi connectivity index (χ2v) is 7.53. The molecule has 2 saturated carbocycles. The standard InChI is InChI=1S/C24H28/c1-3-9-19(10-4-1)15-17-21(18-16-20-11-5-2-6-12-20)24-22-13-7-8-14-23(22)24/h1-6,9-12,22-23H,7-8,13-18H2. The van der Waals surface area contributed by atoms with E-state index in [2.05, 4.69) is 60.7 Å². The van der Waals surface area contributed by atoms with Crippen molar-refractivity contribution in [3.63, 3.8) is 0 Å². The first-order valence-corrected chi connectivity index (χ1v) is 9.71. The summed E-state index contributed by atoms with van der Waals surface area (Å²) in [6.07, 6.45) is 10.8. The Labute approximate surface area is 146 Å². The lowest BCUT2D eigenvalue weighted by Crippen LogP contribution is -1.94. The Bertz CT molecular complexity index is 621. The molecule has 124 valence electrons. The van der Waals surface area contributed by atoms with Crippen molar-refractivity contribution in [1.82, 2.24) is 0 Å². The van der Waals surface area contributed by atoms with Gasteiger partial charge in [-0.25, -0.2) is 0 Å². The van der Waals surface area contributed by atoms with Crippen molar-refractivity contribution in [2.45, 2.75) is 51.4 Å². The molecule has 0 heterocycles. The molecule has 0 spiro atoms. The molecule has 2 atom stereocenters. The highest BCUT2D eigenvalue weighted by atomic mass is 14.5. The lowest BCUT2D eigenvalue weighted by Gasteiger charge is -2.09. The summed E-state index contributed by atoms with van der Waals surface area (Å²) in [5.41, 5.74) is 6.64. The molecule has 0 N–H and O–H groups in total. The van der Waals surface area contributed by atoms with Gasteiger partial charge in [0.1, 0.15) is 0 Å². The Morgan fingerprint density at radius 1 is 0.667 bits per heavy atom. The highest BCUT2D eigenvalue weighted by Gasteiger charge is 2.46. The van der Waals surface area contributed by atoms with E-state index in [0.717, 1.165) is 11.8 Å². The van der Waals surface area contributed by atoms with Gasteiger partial charge in [0.2, 0.25) is 0 Å². The second-order valence-electron chi connectivity index (χ2n) is 7.53. The quantitative estimate of drug-likeness (QED) is 0.543. The fourth-order valence-electron chi connectivity index (χ4n) is 4.64. The van der Waals surface area contributed by atoms with Crippen molar-refractivity contribution in [3.05, 3.63) is 82.9 Å². The third-order valence-corrected chi connectivity index (χ3v) is 5.98. The van der Waals surface area contributed by atoms with E-state index in [4.69, 9.17) is 0 Å². The Balaban J connectivity index is 1.46. The highest BCUT2D eigenvalue weighted by molar-refractivity contribution is 5.37. The molecule has 0 saturated heterocycles. The van der Waals surface area contributed by atoms with Crippen molar-refractivity contribution in [2.24, 2.45) is 11.8 Å². The maximum atomic E-state index is 2.28. The fourth-order valence-corrected chi connectivity index (χ4v) is 4.64. The van der Waals surface area contributed by atoms with E-state index in [-0.39, 0.29) is 0 Å². The summed E-state index contributed by atoms with van der Waals surface area (Å²) < 4.78 is 0. The van der Waals surface area contributed by atoms with E-state index in [0.29, 0.717) is 0 Å². The zero-order valence-electron chi connectivity index (χ0n) is 14.6. The number of allylic oxidation sites excluding steroid dienone is 2. The van der Waals surface area contributed by atoms with Crippen LogP contribution in [0.2, 0.25) is 0 Å². The monoisotopic (exact) mass is 316 g/mol. The van der Waals surface area contributed by atoms with E-state index < -0.39 is 0 Å². The zero-order valence-corrected chi connectivity index (χ0v) is 14.6. The van der Waals surface area contributed by atoms with Gasteiger partial charge in [-0.15, -0.1) is 0 Å². The first-order valence-electron chi connectivity index (χ1n) is 9.71. The van der Waals surface area contributed by atoms with Crippen LogP contribution in [0.5, 0.6) is 0 Å². The average Bonchev–Trinajstić information content (AvgIpc) is 3.38. The maximum Gasteiger partial charge on any atom is -0.0132 e. The average molecular weight is 316 g/mol. The third kappa shape index (κ3) is 3.64. The summed E-state index contributed by atoms with van der Waals surface area (Å²) >= 11 is 0. The predicted molar refractivity (Wildman–Crippen MR) is 102 cm³/mol. The van der Waals surface area contributed by atoms with Crippen LogP contribution in [-0.4, -0.2) is 0 Å². The Hall–Kier alpha value is -1.82. The Morgan fingerprint density at radius 3 is 1.58 bits per heavy atom. The molecule has 2 unspecified atom stereocenters. The van der Waals surface area contributed by atoms with Gasteiger partial charge < -0.3 is 0 Å². The second kappa shape index (κ2) is 7.38. The topological polar surface area (TPSA) is 0 Å². The van der Waals surface area contributed by atoms with Gasteiger partial charge in [-0.05, 0) is 61.5 Å². The first-order chi connectivity index (χ1) is 11.9. The molecular weight excluding hydrogens is 288 g/mol. The minimum atomic E-state index is 0.959. The molecule has 0 nitrogen and oxygen atoms in total. The molecule has 2 aliphatic rings. The molecule has 4 rings (SSSR count). The lowest BCUT2D eigenvalue weighted by atomic mass is 9.97. The van der Waals surface area contributed by atoms with Gasteiger partial charge in [0.25, 0.3) is 0 Å². The molecule has 0 heteroatoms. The fraction of sp³-hybridized carbons (Fsp3) is 0.417. The number of hydrogen-bond donors (Lipinski definition) is 0. The van der Waals surface area contributed by atoms with Crippen LogP contribution < -0.4 is 0 Å². The van der Waals surface area contributed by atoms with E-state index in [1.54, 1.807) is 5.57 Å². The van der Waals surface area contributed by atoms with Gasteiger partial charge >= 0.3 is 0 Å². The van der Waals surface area contributed by atoms with E-state index in [9.17, 15) is 0 Å². The van der Waals surface area contributed by atoms with Crippen LogP contribution in [-0.2, 0) is 12.8 Å². The normalized spacial score (nSPS) is 22.1. The summed E-state index contributed by atoms with van der Waals surface area (Å²) in [7, 11) is 0. The van der Waals surface area contributed by atoms with Crippen molar-refractivity contribution in [2.75, 3.05) is 0 Å². The van der Waals surface area contributed by atoms with Gasteiger partial charge in [0.05, 0.1) is 0 Å². The molecule has 24 heavy (non-hydrogen) atoms. The first kappa shape index (κ1) is 15.7. The Morgan fingerprint density at radius 2 is 1.12 bits per heavy atom. The summed E-state index contributed by atoms with van der Waals surface area (Å²) in [5.74, 6) is 1.92. The van der Waals surface area contributed by atoms with Crippen LogP contribution in [0.15, 0.2) is 71.8 Å². The Kier molecular flexibility index (Phi) is 4.83. The number of rotatable bonds is 6. The van der Waals surface area contributed by atoms with Gasteiger partial charge in [-0.2, -0.15) is 0 Å². The zero-order chi connectivity index (χ0) is 16.2. The summed E-state index contributed by atoms with van der Waals surface area (Å²) in [5, 5.41) is 0. The van der Waals surface area contributed by atoms with Crippen molar-refractivity contribution in [3.8, 4) is 0 Å². The van der Waals surface area contributed by atoms with Crippen LogP contribution >= 0.6 is 0 Å². The molecular formula is C24H28. The summed E-state index contributed by atoms with van der Waals surface area (Å²) in [6.45, 7) is 0. The van der Waals surface area contributed by atoms with Gasteiger partial charge in [-0.3, -0.25) is 0 Å². The maximum absolute atomic E-state index is 2.28. The van der Waals surface area contributed by atoms with Crippen LogP contribution in [0.3, 0.4) is 0 Å². The van der Waals surface area contributed by atoms with Gasteiger partial charge in [0, 0.05) is 0 Å². The predicted octanol–water partition coefficient (Wildman–Crippen LogP) is 6.37. The summed E-state index contributed by atoms with van der Waals surface area (Å²) in [6, 6.07) is 22.0. The smallest absolute Gasteiger partial charge is 0.0132 e. The van der Waals surface area contributed by atoms with Gasteiger partial charge in [-0.1, -0.05) is 84.7 Å². The van der Waals surface area contributed by atoms with E-state index in [1.807, 2.05) is 5.57 Å². The van der Waals surface area contributed by atoms with Crippen LogP contribution in [0.25, 0.3) is 0 Å². The number of aryl methyl sites for hydroxylation is 2. The minimum absolute atomic E-state index is 0.959. The molecule has 0 aromatic heterocycles. The molecule has 0 radical (unpaired) electrons. The molecule has 2 aromatic rings. The SMILES string of the molecule is c1ccc(CCC(CCc2ccccc2)=C2C3CCCCC23)cc1. The molecule has 0 amide bonds.